The number of hydrogen-bond acceptors (Lipinski definition) is 4. The van der Waals surface area contributed by atoms with Crippen LogP contribution in [-0.4, -0.2) is 30.6 Å². The van der Waals surface area contributed by atoms with Gasteiger partial charge in [-0.15, -0.1) is 0 Å². The summed E-state index contributed by atoms with van der Waals surface area (Å²) in [5.41, 5.74) is 8.02. The first-order chi connectivity index (χ1) is 17.5. The highest BCUT2D eigenvalue weighted by Crippen LogP contribution is 2.28. The summed E-state index contributed by atoms with van der Waals surface area (Å²) in [6, 6.07) is 9.17. The normalized spacial score (nSPS) is 22.3. The number of nitrogens with zero attached hydrogens (tertiary/aromatic N) is 1. The van der Waals surface area contributed by atoms with Crippen molar-refractivity contribution in [3.05, 3.63) is 76.5 Å². The average Bonchev–Trinajstić information content (AvgIpc) is 2.92. The molecule has 4 nitrogen and oxygen atoms in total. The highest BCUT2D eigenvalue weighted by molar-refractivity contribution is 6.29. The molecule has 1 fully saturated rings. The molecule has 0 saturated heterocycles. The number of nitrogens with one attached hydrogen (secondary N) is 3. The molecule has 36 heavy (non-hydrogen) atoms. The second-order valence-corrected chi connectivity index (χ2v) is 10.1. The fraction of sp³-hybridized carbons (Fsp3) is 0.500. The molecule has 0 unspecified atom stereocenters. The van der Waals surface area contributed by atoms with Gasteiger partial charge in [0.1, 0.15) is 0 Å². The minimum absolute atomic E-state index is 0.530. The molecule has 0 bridgehead atoms. The first-order valence-corrected chi connectivity index (χ1v) is 13.9. The maximum Gasteiger partial charge on any atom is 0.0692 e. The van der Waals surface area contributed by atoms with Crippen LogP contribution in [0.5, 0.6) is 0 Å². The standard InChI is InChI=1S/C32H46N4/c1-6-10-11-28(23(5)35-30(9-4)26-16-12-24(7-2)13-17-26)32(33)29-22-34-21-20-31(29)36-27-18-14-25(8-3)15-19-27/h6,9-13,16-17,25,27,33-34,36H,7-8,14-15,18-22H2,1-5H3/b10-6-,28-11+,30-9-,33-32?,35-23+. The Labute approximate surface area is 219 Å². The Kier molecular flexibility index (Phi) is 10.9. The maximum atomic E-state index is 9.28. The summed E-state index contributed by atoms with van der Waals surface area (Å²) in [5.74, 6) is 0.885. The lowest BCUT2D eigenvalue weighted by Gasteiger charge is -2.32. The molecule has 0 radical (unpaired) electrons. The molecule has 1 aromatic rings. The molecule has 1 saturated carbocycles. The Morgan fingerprint density at radius 1 is 1.11 bits per heavy atom. The SMILES string of the molecule is C\C=C/C=C(C(=N)C1=C(NC2CCC(CC)CC2)CCNC1)\C(C)=N\C(=C/C)c1ccc(CC)cc1. The van der Waals surface area contributed by atoms with Gasteiger partial charge in [0.05, 0.1) is 11.4 Å². The van der Waals surface area contributed by atoms with Crippen molar-refractivity contribution in [2.24, 2.45) is 10.9 Å². The van der Waals surface area contributed by atoms with Crippen molar-refractivity contribution in [3.63, 3.8) is 0 Å². The topological polar surface area (TPSA) is 60.3 Å². The lowest BCUT2D eigenvalue weighted by atomic mass is 9.84. The fourth-order valence-electron chi connectivity index (χ4n) is 5.23. The van der Waals surface area contributed by atoms with E-state index in [2.05, 4.69) is 54.8 Å². The molecule has 0 aromatic heterocycles. The molecule has 1 aliphatic carbocycles. The van der Waals surface area contributed by atoms with Gasteiger partial charge in [0.2, 0.25) is 0 Å². The molecule has 2 aliphatic rings. The Hall–Kier alpha value is -2.72. The van der Waals surface area contributed by atoms with Crippen LogP contribution in [-0.2, 0) is 6.42 Å². The molecular formula is C32H46N4. The van der Waals surface area contributed by atoms with Crippen LogP contribution < -0.4 is 10.6 Å². The van der Waals surface area contributed by atoms with Crippen molar-refractivity contribution in [3.8, 4) is 0 Å². The molecular weight excluding hydrogens is 440 g/mol. The predicted octanol–water partition coefficient (Wildman–Crippen LogP) is 7.40. The van der Waals surface area contributed by atoms with Crippen molar-refractivity contribution < 1.29 is 0 Å². The van der Waals surface area contributed by atoms with Crippen LogP contribution in [0.1, 0.15) is 84.3 Å². The van der Waals surface area contributed by atoms with E-state index in [0.717, 1.165) is 60.0 Å². The second-order valence-electron chi connectivity index (χ2n) is 10.1. The van der Waals surface area contributed by atoms with E-state index in [4.69, 9.17) is 4.99 Å². The van der Waals surface area contributed by atoms with E-state index in [1.165, 1.54) is 43.4 Å². The lowest BCUT2D eigenvalue weighted by Crippen LogP contribution is -2.39. The van der Waals surface area contributed by atoms with E-state index in [1.807, 2.05) is 39.0 Å². The Morgan fingerprint density at radius 3 is 2.44 bits per heavy atom. The van der Waals surface area contributed by atoms with Gasteiger partial charge in [0, 0.05) is 48.1 Å². The third-order valence-electron chi connectivity index (χ3n) is 7.66. The zero-order chi connectivity index (χ0) is 25.9. The number of allylic oxidation sites excluding steroid dienone is 5. The number of aryl methyl sites for hydroxylation is 1. The Balaban J connectivity index is 1.88. The third kappa shape index (κ3) is 7.39. The van der Waals surface area contributed by atoms with Crippen LogP contribution in [0.3, 0.4) is 0 Å². The van der Waals surface area contributed by atoms with Crippen LogP contribution in [0.4, 0.5) is 0 Å². The minimum Gasteiger partial charge on any atom is -0.385 e. The first kappa shape index (κ1) is 27.9. The highest BCUT2D eigenvalue weighted by atomic mass is 15.0. The maximum absolute atomic E-state index is 9.28. The first-order valence-electron chi connectivity index (χ1n) is 13.9. The molecule has 0 amide bonds. The number of rotatable bonds is 10. The molecule has 1 heterocycles. The van der Waals surface area contributed by atoms with Gasteiger partial charge in [-0.25, -0.2) is 0 Å². The summed E-state index contributed by atoms with van der Waals surface area (Å²) in [4.78, 5) is 5.02. The Morgan fingerprint density at radius 2 is 1.83 bits per heavy atom. The van der Waals surface area contributed by atoms with Gasteiger partial charge in [0.25, 0.3) is 0 Å². The van der Waals surface area contributed by atoms with Crippen LogP contribution in [0.25, 0.3) is 5.70 Å². The zero-order valence-electron chi connectivity index (χ0n) is 23.1. The van der Waals surface area contributed by atoms with Crippen molar-refractivity contribution in [2.75, 3.05) is 13.1 Å². The Bertz CT molecular complexity index is 1030. The lowest BCUT2D eigenvalue weighted by molar-refractivity contribution is 0.294. The van der Waals surface area contributed by atoms with Gasteiger partial charge in [-0.1, -0.05) is 68.8 Å². The van der Waals surface area contributed by atoms with Gasteiger partial charge >= 0.3 is 0 Å². The van der Waals surface area contributed by atoms with E-state index in [0.29, 0.717) is 11.8 Å². The average molecular weight is 487 g/mol. The van der Waals surface area contributed by atoms with Crippen LogP contribution in [0.2, 0.25) is 0 Å². The third-order valence-corrected chi connectivity index (χ3v) is 7.66. The highest BCUT2D eigenvalue weighted by Gasteiger charge is 2.25. The fourth-order valence-corrected chi connectivity index (χ4v) is 5.23. The summed E-state index contributed by atoms with van der Waals surface area (Å²) in [6.45, 7) is 12.2. The van der Waals surface area contributed by atoms with Gasteiger partial charge < -0.3 is 10.6 Å². The monoisotopic (exact) mass is 486 g/mol. The van der Waals surface area contributed by atoms with Crippen molar-refractivity contribution >= 4 is 17.1 Å². The van der Waals surface area contributed by atoms with E-state index in [-0.39, 0.29) is 0 Å². The van der Waals surface area contributed by atoms with Gasteiger partial charge in [-0.05, 0) is 69.9 Å². The number of benzene rings is 1. The quantitative estimate of drug-likeness (QED) is 0.238. The zero-order valence-corrected chi connectivity index (χ0v) is 23.1. The second kappa shape index (κ2) is 14.1. The summed E-state index contributed by atoms with van der Waals surface area (Å²) < 4.78 is 0. The summed E-state index contributed by atoms with van der Waals surface area (Å²) in [6.07, 6.45) is 16.5. The molecule has 4 heteroatoms. The van der Waals surface area contributed by atoms with Crippen molar-refractivity contribution in [2.45, 2.75) is 85.6 Å². The molecule has 3 N–H and O–H groups in total. The van der Waals surface area contributed by atoms with E-state index in [1.54, 1.807) is 0 Å². The smallest absolute Gasteiger partial charge is 0.0692 e. The number of aliphatic imine (C=N–C) groups is 1. The summed E-state index contributed by atoms with van der Waals surface area (Å²) in [5, 5.41) is 16.7. The summed E-state index contributed by atoms with van der Waals surface area (Å²) in [7, 11) is 0. The van der Waals surface area contributed by atoms with Gasteiger partial charge in [0.15, 0.2) is 0 Å². The van der Waals surface area contributed by atoms with E-state index >= 15 is 0 Å². The largest absolute Gasteiger partial charge is 0.385 e. The van der Waals surface area contributed by atoms with Gasteiger partial charge in [-0.3, -0.25) is 10.4 Å². The predicted molar refractivity (Wildman–Crippen MR) is 157 cm³/mol. The van der Waals surface area contributed by atoms with Crippen molar-refractivity contribution in [1.82, 2.24) is 10.6 Å². The molecule has 194 valence electrons. The van der Waals surface area contributed by atoms with Crippen LogP contribution >= 0.6 is 0 Å². The van der Waals surface area contributed by atoms with E-state index in [9.17, 15) is 5.41 Å². The minimum atomic E-state index is 0.530. The number of hydrogen-bond donors (Lipinski definition) is 3. The van der Waals surface area contributed by atoms with Crippen LogP contribution in [0, 0.1) is 11.3 Å². The molecule has 0 spiro atoms. The molecule has 1 aromatic carbocycles. The molecule has 3 rings (SSSR count). The van der Waals surface area contributed by atoms with Crippen LogP contribution in [0.15, 0.2) is 70.4 Å². The molecule has 1 aliphatic heterocycles. The molecule has 0 atom stereocenters. The summed E-state index contributed by atoms with van der Waals surface area (Å²) >= 11 is 0. The van der Waals surface area contributed by atoms with Crippen molar-refractivity contribution in [1.29, 1.82) is 5.41 Å². The van der Waals surface area contributed by atoms with E-state index < -0.39 is 0 Å². The van der Waals surface area contributed by atoms with Gasteiger partial charge in [-0.2, -0.15) is 0 Å².